The Bertz CT molecular complexity index is 337. The average Bonchev–Trinajstić information content (AvgIpc) is 3.01. The van der Waals surface area contributed by atoms with Gasteiger partial charge in [0.2, 0.25) is 0 Å². The van der Waals surface area contributed by atoms with Crippen LogP contribution in [0.4, 0.5) is 0 Å². The summed E-state index contributed by atoms with van der Waals surface area (Å²) in [5, 5.41) is 0. The highest BCUT2D eigenvalue weighted by Gasteiger charge is 2.25. The summed E-state index contributed by atoms with van der Waals surface area (Å²) in [6, 6.07) is 7.98. The molecule has 0 amide bonds. The lowest BCUT2D eigenvalue weighted by Gasteiger charge is -2.05. The Morgan fingerprint density at radius 2 is 2.07 bits per heavy atom. The Morgan fingerprint density at radius 1 is 1.36 bits per heavy atom. The fourth-order valence-corrected chi connectivity index (χ4v) is 1.79. The lowest BCUT2D eigenvalue weighted by molar-refractivity contribution is 0.0975. The fraction of sp³-hybridized carbons (Fsp3) is 0.462. The Hall–Kier alpha value is -1.11. The highest BCUT2D eigenvalue weighted by atomic mass is 16.1. The molecule has 0 saturated heterocycles. The molecule has 14 heavy (non-hydrogen) atoms. The van der Waals surface area contributed by atoms with Gasteiger partial charge in [-0.2, -0.15) is 0 Å². The molecule has 1 nitrogen and oxygen atoms in total. The van der Waals surface area contributed by atoms with E-state index in [1.165, 1.54) is 18.4 Å². The number of hydrogen-bond acceptors (Lipinski definition) is 1. The zero-order valence-corrected chi connectivity index (χ0v) is 8.62. The summed E-state index contributed by atoms with van der Waals surface area (Å²) in [4.78, 5) is 11.9. The van der Waals surface area contributed by atoms with E-state index in [0.717, 1.165) is 18.4 Å². The summed E-state index contributed by atoms with van der Waals surface area (Å²) < 4.78 is 0. The third-order valence-electron chi connectivity index (χ3n) is 2.87. The van der Waals surface area contributed by atoms with E-state index in [1.54, 1.807) is 0 Å². The summed E-state index contributed by atoms with van der Waals surface area (Å²) >= 11 is 0. The lowest BCUT2D eigenvalue weighted by atomic mass is 9.99. The summed E-state index contributed by atoms with van der Waals surface area (Å²) in [5.41, 5.74) is 2.14. The average molecular weight is 188 g/mol. The quantitative estimate of drug-likeness (QED) is 0.663. The number of hydrogen-bond donors (Lipinski definition) is 0. The zero-order chi connectivity index (χ0) is 9.97. The molecule has 2 rings (SSSR count). The second-order valence-electron chi connectivity index (χ2n) is 4.08. The van der Waals surface area contributed by atoms with Gasteiger partial charge in [-0.1, -0.05) is 31.2 Å². The van der Waals surface area contributed by atoms with Gasteiger partial charge in [0.15, 0.2) is 5.78 Å². The van der Waals surface area contributed by atoms with Gasteiger partial charge in [-0.25, -0.2) is 0 Å². The smallest absolute Gasteiger partial charge is 0.163 e. The molecule has 1 heteroatoms. The van der Waals surface area contributed by atoms with E-state index in [-0.39, 0.29) is 0 Å². The minimum absolute atomic E-state index is 0.338. The van der Waals surface area contributed by atoms with Crippen molar-refractivity contribution in [3.8, 4) is 0 Å². The number of ketones is 1. The second-order valence-corrected chi connectivity index (χ2v) is 4.08. The normalized spacial score (nSPS) is 15.5. The third kappa shape index (κ3) is 2.03. The van der Waals surface area contributed by atoms with Crippen molar-refractivity contribution in [3.63, 3.8) is 0 Å². The van der Waals surface area contributed by atoms with Crippen LogP contribution in [0, 0.1) is 5.92 Å². The van der Waals surface area contributed by atoms with Crippen LogP contribution in [0.3, 0.4) is 0 Å². The standard InChI is InChI=1S/C13H16O/c1-2-11-5-3-4-6-12(11)13(14)9-10-7-8-10/h3-6,10H,2,7-9H2,1H3. The van der Waals surface area contributed by atoms with Crippen LogP contribution in [0.5, 0.6) is 0 Å². The zero-order valence-electron chi connectivity index (χ0n) is 8.62. The van der Waals surface area contributed by atoms with Crippen molar-refractivity contribution in [2.45, 2.75) is 32.6 Å². The molecule has 0 unspecified atom stereocenters. The molecule has 74 valence electrons. The molecule has 1 saturated carbocycles. The van der Waals surface area contributed by atoms with Crippen LogP contribution in [0.15, 0.2) is 24.3 Å². The van der Waals surface area contributed by atoms with Crippen molar-refractivity contribution in [1.29, 1.82) is 0 Å². The van der Waals surface area contributed by atoms with E-state index in [1.807, 2.05) is 18.2 Å². The van der Waals surface area contributed by atoms with Gasteiger partial charge in [0.05, 0.1) is 0 Å². The molecule has 1 aromatic carbocycles. The molecule has 0 aromatic heterocycles. The molecule has 0 bridgehead atoms. The molecule has 1 aromatic rings. The van der Waals surface area contributed by atoms with Gasteiger partial charge in [-0.05, 0) is 30.7 Å². The summed E-state index contributed by atoms with van der Waals surface area (Å²) in [7, 11) is 0. The van der Waals surface area contributed by atoms with E-state index in [2.05, 4.69) is 13.0 Å². The van der Waals surface area contributed by atoms with E-state index in [4.69, 9.17) is 0 Å². The maximum Gasteiger partial charge on any atom is 0.163 e. The molecule has 0 radical (unpaired) electrons. The molecule has 1 aliphatic rings. The van der Waals surface area contributed by atoms with Gasteiger partial charge in [0.1, 0.15) is 0 Å². The molecular formula is C13H16O. The number of benzene rings is 1. The first kappa shape index (κ1) is 9.45. The highest BCUT2D eigenvalue weighted by molar-refractivity contribution is 5.97. The van der Waals surface area contributed by atoms with Crippen molar-refractivity contribution >= 4 is 5.78 Å². The SMILES string of the molecule is CCc1ccccc1C(=O)CC1CC1. The Labute approximate surface area is 85.1 Å². The lowest BCUT2D eigenvalue weighted by Crippen LogP contribution is -2.03. The summed E-state index contributed by atoms with van der Waals surface area (Å²) in [6.45, 7) is 2.10. The van der Waals surface area contributed by atoms with Gasteiger partial charge in [0.25, 0.3) is 0 Å². The van der Waals surface area contributed by atoms with Gasteiger partial charge < -0.3 is 0 Å². The van der Waals surface area contributed by atoms with Crippen LogP contribution in [0.2, 0.25) is 0 Å². The molecule has 0 atom stereocenters. The van der Waals surface area contributed by atoms with Crippen molar-refractivity contribution in [2.75, 3.05) is 0 Å². The number of Topliss-reactive ketones (excluding diaryl/α,β-unsaturated/α-hetero) is 1. The first-order chi connectivity index (χ1) is 6.81. The van der Waals surface area contributed by atoms with Crippen molar-refractivity contribution < 1.29 is 4.79 Å². The predicted octanol–water partition coefficient (Wildman–Crippen LogP) is 3.23. The van der Waals surface area contributed by atoms with Crippen LogP contribution in [0.1, 0.15) is 42.1 Å². The minimum Gasteiger partial charge on any atom is -0.294 e. The van der Waals surface area contributed by atoms with E-state index in [0.29, 0.717) is 11.7 Å². The van der Waals surface area contributed by atoms with Crippen LogP contribution in [-0.2, 0) is 6.42 Å². The van der Waals surface area contributed by atoms with Crippen LogP contribution in [-0.4, -0.2) is 5.78 Å². The van der Waals surface area contributed by atoms with Gasteiger partial charge in [-0.3, -0.25) is 4.79 Å². The number of rotatable bonds is 4. The van der Waals surface area contributed by atoms with Crippen LogP contribution in [0.25, 0.3) is 0 Å². The van der Waals surface area contributed by atoms with Crippen LogP contribution >= 0.6 is 0 Å². The van der Waals surface area contributed by atoms with E-state index >= 15 is 0 Å². The number of aryl methyl sites for hydroxylation is 1. The van der Waals surface area contributed by atoms with Crippen molar-refractivity contribution in [3.05, 3.63) is 35.4 Å². The second kappa shape index (κ2) is 3.95. The van der Waals surface area contributed by atoms with E-state index in [9.17, 15) is 4.79 Å². The molecule has 0 N–H and O–H groups in total. The Morgan fingerprint density at radius 3 is 2.71 bits per heavy atom. The predicted molar refractivity (Wildman–Crippen MR) is 57.5 cm³/mol. The van der Waals surface area contributed by atoms with Gasteiger partial charge in [0, 0.05) is 12.0 Å². The fourth-order valence-electron chi connectivity index (χ4n) is 1.79. The first-order valence-electron chi connectivity index (χ1n) is 5.42. The molecule has 0 spiro atoms. The summed E-state index contributed by atoms with van der Waals surface area (Å²) in [5.74, 6) is 1.03. The number of carbonyl (C=O) groups excluding carboxylic acids is 1. The first-order valence-corrected chi connectivity index (χ1v) is 5.42. The van der Waals surface area contributed by atoms with E-state index < -0.39 is 0 Å². The molecular weight excluding hydrogens is 172 g/mol. The molecule has 1 fully saturated rings. The van der Waals surface area contributed by atoms with Crippen LogP contribution < -0.4 is 0 Å². The van der Waals surface area contributed by atoms with Gasteiger partial charge >= 0.3 is 0 Å². The topological polar surface area (TPSA) is 17.1 Å². The van der Waals surface area contributed by atoms with Crippen molar-refractivity contribution in [2.24, 2.45) is 5.92 Å². The maximum atomic E-state index is 11.9. The largest absolute Gasteiger partial charge is 0.294 e. The minimum atomic E-state index is 0.338. The summed E-state index contributed by atoms with van der Waals surface area (Å²) in [6.07, 6.45) is 4.21. The molecule has 0 aliphatic heterocycles. The molecule has 1 aliphatic carbocycles. The van der Waals surface area contributed by atoms with Gasteiger partial charge in [-0.15, -0.1) is 0 Å². The highest BCUT2D eigenvalue weighted by Crippen LogP contribution is 2.33. The monoisotopic (exact) mass is 188 g/mol. The maximum absolute atomic E-state index is 11.9. The Balaban J connectivity index is 2.16. The van der Waals surface area contributed by atoms with Crippen molar-refractivity contribution in [1.82, 2.24) is 0 Å². The molecule has 0 heterocycles. The Kier molecular flexibility index (Phi) is 2.67. The number of carbonyl (C=O) groups is 1. The third-order valence-corrected chi connectivity index (χ3v) is 2.87.